The van der Waals surface area contributed by atoms with E-state index in [9.17, 15) is 0 Å². The van der Waals surface area contributed by atoms with Gasteiger partial charge in [0.2, 0.25) is 0 Å². The lowest BCUT2D eigenvalue weighted by Crippen LogP contribution is -2.47. The molecule has 0 fully saturated rings. The van der Waals surface area contributed by atoms with Crippen molar-refractivity contribution in [2.24, 2.45) is 0 Å². The van der Waals surface area contributed by atoms with Crippen LogP contribution in [0.3, 0.4) is 0 Å². The van der Waals surface area contributed by atoms with Gasteiger partial charge in [-0.05, 0) is 45.6 Å². The number of nitrogens with one attached hydrogen (secondary N) is 2. The summed E-state index contributed by atoms with van der Waals surface area (Å²) in [5.41, 5.74) is 1.06. The molecule has 0 saturated carbocycles. The van der Waals surface area contributed by atoms with Crippen molar-refractivity contribution in [1.29, 1.82) is 0 Å². The zero-order chi connectivity index (χ0) is 12.3. The number of likely N-dealkylation sites (N-methyl/N-ethyl adjacent to an activating group) is 2. The van der Waals surface area contributed by atoms with Crippen LogP contribution in [0.4, 0.5) is 0 Å². The third-order valence-electron chi connectivity index (χ3n) is 2.93. The van der Waals surface area contributed by atoms with Gasteiger partial charge in [0.05, 0.1) is 10.0 Å². The molecule has 0 saturated heterocycles. The largest absolute Gasteiger partial charge is 0.313 e. The number of hydrogen-bond acceptors (Lipinski definition) is 2. The van der Waals surface area contributed by atoms with Gasteiger partial charge in [0, 0.05) is 11.6 Å². The maximum Gasteiger partial charge on any atom is 0.0595 e. The van der Waals surface area contributed by atoms with Gasteiger partial charge in [-0.15, -0.1) is 0 Å². The lowest BCUT2D eigenvalue weighted by atomic mass is 9.89. The van der Waals surface area contributed by atoms with Crippen molar-refractivity contribution in [3.05, 3.63) is 33.8 Å². The van der Waals surface area contributed by atoms with E-state index in [1.54, 1.807) is 0 Å². The summed E-state index contributed by atoms with van der Waals surface area (Å²) in [6.45, 7) is 4.27. The van der Waals surface area contributed by atoms with Crippen molar-refractivity contribution in [2.75, 3.05) is 14.1 Å². The molecular weight excluding hydrogens is 243 g/mol. The molecule has 0 radical (unpaired) electrons. The average molecular weight is 261 g/mol. The minimum atomic E-state index is -0.0636. The maximum atomic E-state index is 6.03. The topological polar surface area (TPSA) is 24.1 Å². The molecule has 0 amide bonds. The highest BCUT2D eigenvalue weighted by atomic mass is 35.5. The fraction of sp³-hybridized carbons (Fsp3) is 0.500. The van der Waals surface area contributed by atoms with Gasteiger partial charge in [0.15, 0.2) is 0 Å². The second kappa shape index (κ2) is 5.37. The molecule has 1 rings (SSSR count). The van der Waals surface area contributed by atoms with Crippen molar-refractivity contribution in [3.8, 4) is 0 Å². The summed E-state index contributed by atoms with van der Waals surface area (Å²) in [6, 6.07) is 5.90. The SMILES string of the molecule is CNC(c1ccc(Cl)c(Cl)c1)C(C)(C)NC. The third-order valence-corrected chi connectivity index (χ3v) is 3.67. The molecule has 0 aliphatic heterocycles. The van der Waals surface area contributed by atoms with E-state index in [0.29, 0.717) is 10.0 Å². The smallest absolute Gasteiger partial charge is 0.0595 e. The van der Waals surface area contributed by atoms with Gasteiger partial charge in [0.25, 0.3) is 0 Å². The Bertz CT molecular complexity index is 364. The van der Waals surface area contributed by atoms with Gasteiger partial charge in [-0.1, -0.05) is 29.3 Å². The van der Waals surface area contributed by atoms with Crippen LogP contribution in [0.25, 0.3) is 0 Å². The van der Waals surface area contributed by atoms with Gasteiger partial charge in [-0.3, -0.25) is 0 Å². The quantitative estimate of drug-likeness (QED) is 0.869. The zero-order valence-corrected chi connectivity index (χ0v) is 11.6. The van der Waals surface area contributed by atoms with E-state index in [1.807, 2.05) is 32.3 Å². The Balaban J connectivity index is 3.09. The highest BCUT2D eigenvalue weighted by molar-refractivity contribution is 6.42. The maximum absolute atomic E-state index is 6.03. The normalized spacial score (nSPS) is 13.9. The number of rotatable bonds is 4. The molecule has 2 N–H and O–H groups in total. The third kappa shape index (κ3) is 2.89. The van der Waals surface area contributed by atoms with Gasteiger partial charge in [-0.25, -0.2) is 0 Å². The molecule has 0 aliphatic carbocycles. The average Bonchev–Trinajstić information content (AvgIpc) is 2.24. The monoisotopic (exact) mass is 260 g/mol. The first-order valence-corrected chi connectivity index (χ1v) is 5.99. The van der Waals surface area contributed by atoms with Crippen LogP contribution >= 0.6 is 23.2 Å². The predicted molar refractivity (Wildman–Crippen MR) is 71.4 cm³/mol. The van der Waals surface area contributed by atoms with Crippen molar-refractivity contribution < 1.29 is 0 Å². The molecule has 0 heterocycles. The molecule has 1 unspecified atom stereocenters. The van der Waals surface area contributed by atoms with Gasteiger partial charge < -0.3 is 10.6 Å². The molecule has 1 aromatic carbocycles. The number of benzene rings is 1. The van der Waals surface area contributed by atoms with Crippen LogP contribution < -0.4 is 10.6 Å². The molecule has 0 aliphatic rings. The summed E-state index contributed by atoms with van der Waals surface area (Å²) in [7, 11) is 3.88. The molecular formula is C12H18Cl2N2. The fourth-order valence-corrected chi connectivity index (χ4v) is 2.09. The second-order valence-corrected chi connectivity index (χ2v) is 5.18. The standard InChI is InChI=1S/C12H18Cl2N2/c1-12(2,16-4)11(15-3)8-5-6-9(13)10(14)7-8/h5-7,11,15-16H,1-4H3. The second-order valence-electron chi connectivity index (χ2n) is 4.37. The molecule has 1 atom stereocenters. The first-order valence-electron chi connectivity index (χ1n) is 5.23. The van der Waals surface area contributed by atoms with Crippen LogP contribution in [0.1, 0.15) is 25.5 Å². The van der Waals surface area contributed by atoms with E-state index >= 15 is 0 Å². The van der Waals surface area contributed by atoms with E-state index in [4.69, 9.17) is 23.2 Å². The van der Waals surface area contributed by atoms with Crippen molar-refractivity contribution in [1.82, 2.24) is 10.6 Å². The van der Waals surface area contributed by atoms with Crippen LogP contribution in [-0.2, 0) is 0 Å². The molecule has 0 bridgehead atoms. The van der Waals surface area contributed by atoms with Crippen molar-refractivity contribution >= 4 is 23.2 Å². The summed E-state index contributed by atoms with van der Waals surface area (Å²) in [4.78, 5) is 0. The highest BCUT2D eigenvalue weighted by Crippen LogP contribution is 2.30. The molecule has 16 heavy (non-hydrogen) atoms. The summed E-state index contributed by atoms with van der Waals surface area (Å²) >= 11 is 11.9. The zero-order valence-electron chi connectivity index (χ0n) is 10.1. The molecule has 0 spiro atoms. The van der Waals surface area contributed by atoms with Crippen LogP contribution in [0, 0.1) is 0 Å². The molecule has 90 valence electrons. The van der Waals surface area contributed by atoms with Gasteiger partial charge in [0.1, 0.15) is 0 Å². The molecule has 1 aromatic rings. The lowest BCUT2D eigenvalue weighted by Gasteiger charge is -2.34. The minimum Gasteiger partial charge on any atom is -0.313 e. The number of hydrogen-bond donors (Lipinski definition) is 2. The van der Waals surface area contributed by atoms with Crippen LogP contribution in [0.2, 0.25) is 10.0 Å². The van der Waals surface area contributed by atoms with E-state index in [1.165, 1.54) is 0 Å². The van der Waals surface area contributed by atoms with Gasteiger partial charge in [-0.2, -0.15) is 0 Å². The Morgan fingerprint density at radius 2 is 1.75 bits per heavy atom. The molecule has 2 nitrogen and oxygen atoms in total. The Kier molecular flexibility index (Phi) is 4.62. The first kappa shape index (κ1) is 13.8. The summed E-state index contributed by atoms with van der Waals surface area (Å²) in [5.74, 6) is 0. The van der Waals surface area contributed by atoms with E-state index in [-0.39, 0.29) is 11.6 Å². The van der Waals surface area contributed by atoms with Crippen LogP contribution in [0.5, 0.6) is 0 Å². The lowest BCUT2D eigenvalue weighted by molar-refractivity contribution is 0.311. The Hall–Kier alpha value is -0.280. The van der Waals surface area contributed by atoms with E-state index in [0.717, 1.165) is 5.56 Å². The van der Waals surface area contributed by atoms with Crippen molar-refractivity contribution in [3.63, 3.8) is 0 Å². The van der Waals surface area contributed by atoms with Crippen LogP contribution in [0.15, 0.2) is 18.2 Å². The molecule has 0 aromatic heterocycles. The van der Waals surface area contributed by atoms with E-state index < -0.39 is 0 Å². The van der Waals surface area contributed by atoms with Crippen LogP contribution in [-0.4, -0.2) is 19.6 Å². The molecule has 4 heteroatoms. The van der Waals surface area contributed by atoms with Crippen molar-refractivity contribution in [2.45, 2.75) is 25.4 Å². The number of halogens is 2. The Morgan fingerprint density at radius 3 is 2.19 bits per heavy atom. The minimum absolute atomic E-state index is 0.0636. The Labute approximate surface area is 107 Å². The predicted octanol–water partition coefficient (Wildman–Crippen LogP) is 3.25. The van der Waals surface area contributed by atoms with Gasteiger partial charge >= 0.3 is 0 Å². The van der Waals surface area contributed by atoms with E-state index in [2.05, 4.69) is 24.5 Å². The summed E-state index contributed by atoms with van der Waals surface area (Å²) in [6.07, 6.45) is 0. The first-order chi connectivity index (χ1) is 7.42. The summed E-state index contributed by atoms with van der Waals surface area (Å²) < 4.78 is 0. The summed E-state index contributed by atoms with van der Waals surface area (Å²) in [5, 5.41) is 7.75. The Morgan fingerprint density at radius 1 is 1.12 bits per heavy atom. The highest BCUT2D eigenvalue weighted by Gasteiger charge is 2.28. The fourth-order valence-electron chi connectivity index (χ4n) is 1.78.